The van der Waals surface area contributed by atoms with E-state index >= 15 is 0 Å². The number of hydrogen-bond acceptors (Lipinski definition) is 4. The number of ether oxygens (including phenoxy) is 1. The first-order valence-corrected chi connectivity index (χ1v) is 6.05. The highest BCUT2D eigenvalue weighted by molar-refractivity contribution is 5.70. The van der Waals surface area contributed by atoms with Gasteiger partial charge in [0.1, 0.15) is 5.76 Å². The number of rotatable bonds is 6. The Labute approximate surface area is 109 Å². The fraction of sp³-hybridized carbons (Fsp3) is 0.615. The fourth-order valence-corrected chi connectivity index (χ4v) is 0.998. The topological polar surface area (TPSA) is 73.6 Å². The Hall–Kier alpha value is -1.49. The summed E-state index contributed by atoms with van der Waals surface area (Å²) in [5.74, 6) is 6.30. The van der Waals surface area contributed by atoms with Crippen molar-refractivity contribution in [2.45, 2.75) is 34.6 Å². The minimum absolute atomic E-state index is 0.328. The van der Waals surface area contributed by atoms with Gasteiger partial charge >= 0.3 is 6.09 Å². The molecule has 0 spiro atoms. The molecule has 1 amide bonds. The van der Waals surface area contributed by atoms with E-state index in [1.807, 2.05) is 6.92 Å². The molecule has 0 aliphatic carbocycles. The van der Waals surface area contributed by atoms with Crippen LogP contribution >= 0.6 is 0 Å². The summed E-state index contributed by atoms with van der Waals surface area (Å²) in [4.78, 5) is 16.1. The van der Waals surface area contributed by atoms with Gasteiger partial charge in [-0.2, -0.15) is 5.90 Å². The van der Waals surface area contributed by atoms with E-state index in [2.05, 4.69) is 24.0 Å². The van der Waals surface area contributed by atoms with Crippen LogP contribution in [-0.2, 0) is 9.57 Å². The number of carbonyl (C=O) groups is 1. The Balaban J connectivity index is 4.22. The van der Waals surface area contributed by atoms with Crippen LogP contribution in [0.3, 0.4) is 0 Å². The van der Waals surface area contributed by atoms with Gasteiger partial charge in [-0.3, -0.25) is 5.32 Å². The molecule has 0 saturated heterocycles. The molecule has 0 aromatic rings. The molecule has 0 aromatic heterocycles. The lowest BCUT2D eigenvalue weighted by Gasteiger charge is -2.15. The van der Waals surface area contributed by atoms with E-state index in [0.29, 0.717) is 29.9 Å². The zero-order chi connectivity index (χ0) is 14.1. The molecule has 0 saturated carbocycles. The van der Waals surface area contributed by atoms with Crippen LogP contribution in [-0.4, -0.2) is 12.7 Å². The average molecular weight is 256 g/mol. The second-order valence-corrected chi connectivity index (χ2v) is 4.56. The standard InChI is InChI=1S/C13H24N2O3/c1-6-12(7-11(5)18-14)15-13(16)17-8-10(4)9(2)3/h6-7,9-10H,8,14H2,1-5H3,(H,15,16)/b11-7-,12-6+/t10-/m0/s1. The number of hydrogen-bond donors (Lipinski definition) is 2. The van der Waals surface area contributed by atoms with Crippen molar-refractivity contribution in [3.05, 3.63) is 23.6 Å². The van der Waals surface area contributed by atoms with Crippen molar-refractivity contribution in [3.8, 4) is 0 Å². The summed E-state index contributed by atoms with van der Waals surface area (Å²) in [6.45, 7) is 10.1. The smallest absolute Gasteiger partial charge is 0.411 e. The number of nitrogens with one attached hydrogen (secondary N) is 1. The highest BCUT2D eigenvalue weighted by Crippen LogP contribution is 2.09. The van der Waals surface area contributed by atoms with E-state index in [0.717, 1.165) is 0 Å². The summed E-state index contributed by atoms with van der Waals surface area (Å²) in [7, 11) is 0. The van der Waals surface area contributed by atoms with E-state index in [1.54, 1.807) is 26.0 Å². The first-order valence-electron chi connectivity index (χ1n) is 6.05. The van der Waals surface area contributed by atoms with Crippen molar-refractivity contribution < 1.29 is 14.4 Å². The Bertz CT molecular complexity index is 322. The minimum Gasteiger partial charge on any atom is -0.449 e. The molecule has 0 bridgehead atoms. The number of allylic oxidation sites excluding steroid dienone is 3. The maximum absolute atomic E-state index is 11.5. The third-order valence-electron chi connectivity index (χ3n) is 2.72. The highest BCUT2D eigenvalue weighted by Gasteiger charge is 2.10. The van der Waals surface area contributed by atoms with Gasteiger partial charge in [0, 0.05) is 11.8 Å². The molecule has 0 radical (unpaired) electrons. The van der Waals surface area contributed by atoms with Gasteiger partial charge in [-0.25, -0.2) is 4.79 Å². The van der Waals surface area contributed by atoms with Gasteiger partial charge in [0.25, 0.3) is 0 Å². The van der Waals surface area contributed by atoms with E-state index in [1.165, 1.54) is 0 Å². The SMILES string of the molecule is C/C=C(\C=C(\C)ON)NC(=O)OC[C@H](C)C(C)C. The number of nitrogens with two attached hydrogens (primary N) is 1. The Morgan fingerprint density at radius 2 is 2.00 bits per heavy atom. The molecule has 0 unspecified atom stereocenters. The number of carbonyl (C=O) groups excluding carboxylic acids is 1. The molecule has 18 heavy (non-hydrogen) atoms. The second-order valence-electron chi connectivity index (χ2n) is 4.56. The van der Waals surface area contributed by atoms with Crippen molar-refractivity contribution in [1.82, 2.24) is 5.32 Å². The van der Waals surface area contributed by atoms with Crippen LogP contribution in [0.4, 0.5) is 4.79 Å². The maximum Gasteiger partial charge on any atom is 0.411 e. The van der Waals surface area contributed by atoms with E-state index in [-0.39, 0.29) is 0 Å². The lowest BCUT2D eigenvalue weighted by atomic mass is 10.00. The van der Waals surface area contributed by atoms with Crippen molar-refractivity contribution in [2.75, 3.05) is 6.61 Å². The molecule has 104 valence electrons. The zero-order valence-electron chi connectivity index (χ0n) is 11.8. The Morgan fingerprint density at radius 1 is 1.39 bits per heavy atom. The predicted molar refractivity (Wildman–Crippen MR) is 71.3 cm³/mol. The maximum atomic E-state index is 11.5. The lowest BCUT2D eigenvalue weighted by Crippen LogP contribution is -2.26. The summed E-state index contributed by atoms with van der Waals surface area (Å²) in [5.41, 5.74) is 0.583. The molecule has 5 nitrogen and oxygen atoms in total. The molecule has 0 aromatic carbocycles. The Morgan fingerprint density at radius 3 is 2.44 bits per heavy atom. The second kappa shape index (κ2) is 8.58. The molecular weight excluding hydrogens is 232 g/mol. The van der Waals surface area contributed by atoms with Gasteiger partial charge in [-0.05, 0) is 25.7 Å². The summed E-state index contributed by atoms with van der Waals surface area (Å²) < 4.78 is 5.12. The van der Waals surface area contributed by atoms with Crippen molar-refractivity contribution in [3.63, 3.8) is 0 Å². The molecule has 0 fully saturated rings. The largest absolute Gasteiger partial charge is 0.449 e. The summed E-state index contributed by atoms with van der Waals surface area (Å²) in [6, 6.07) is 0. The molecular formula is C13H24N2O3. The predicted octanol–water partition coefficient (Wildman–Crippen LogP) is 2.70. The number of alkyl carbamates (subject to hydrolysis) is 1. The van der Waals surface area contributed by atoms with Gasteiger partial charge in [0.15, 0.2) is 0 Å². The highest BCUT2D eigenvalue weighted by atomic mass is 16.6. The van der Waals surface area contributed by atoms with Crippen LogP contribution in [0.25, 0.3) is 0 Å². The van der Waals surface area contributed by atoms with E-state index in [9.17, 15) is 4.79 Å². The van der Waals surface area contributed by atoms with Crippen LogP contribution in [0.15, 0.2) is 23.6 Å². The summed E-state index contributed by atoms with van der Waals surface area (Å²) in [5, 5.41) is 2.61. The molecule has 3 N–H and O–H groups in total. The summed E-state index contributed by atoms with van der Waals surface area (Å²) >= 11 is 0. The molecule has 0 heterocycles. The quantitative estimate of drug-likeness (QED) is 0.435. The fourth-order valence-electron chi connectivity index (χ4n) is 0.998. The van der Waals surface area contributed by atoms with Gasteiger partial charge in [0.2, 0.25) is 0 Å². The average Bonchev–Trinajstić information content (AvgIpc) is 2.34. The van der Waals surface area contributed by atoms with Gasteiger partial charge in [-0.15, -0.1) is 0 Å². The summed E-state index contributed by atoms with van der Waals surface area (Å²) in [6.07, 6.45) is 2.87. The van der Waals surface area contributed by atoms with Crippen LogP contribution in [0.1, 0.15) is 34.6 Å². The van der Waals surface area contributed by atoms with Gasteiger partial charge in [0.05, 0.1) is 6.61 Å². The van der Waals surface area contributed by atoms with Crippen molar-refractivity contribution >= 4 is 6.09 Å². The first-order chi connectivity index (χ1) is 8.40. The molecule has 0 aliphatic heterocycles. The van der Waals surface area contributed by atoms with Crippen LogP contribution in [0, 0.1) is 11.8 Å². The third kappa shape index (κ3) is 6.96. The lowest BCUT2D eigenvalue weighted by molar-refractivity contribution is 0.122. The van der Waals surface area contributed by atoms with E-state index < -0.39 is 6.09 Å². The monoisotopic (exact) mass is 256 g/mol. The van der Waals surface area contributed by atoms with Gasteiger partial charge in [-0.1, -0.05) is 26.8 Å². The first kappa shape index (κ1) is 16.5. The van der Waals surface area contributed by atoms with Crippen molar-refractivity contribution in [1.29, 1.82) is 0 Å². The molecule has 0 rings (SSSR count). The Kier molecular flexibility index (Phi) is 7.87. The van der Waals surface area contributed by atoms with E-state index in [4.69, 9.17) is 10.6 Å². The molecule has 0 aliphatic rings. The number of amides is 1. The van der Waals surface area contributed by atoms with Crippen molar-refractivity contribution in [2.24, 2.45) is 17.7 Å². The zero-order valence-corrected chi connectivity index (χ0v) is 11.8. The van der Waals surface area contributed by atoms with Crippen LogP contribution < -0.4 is 11.2 Å². The van der Waals surface area contributed by atoms with Crippen LogP contribution in [0.5, 0.6) is 0 Å². The molecule has 5 heteroatoms. The van der Waals surface area contributed by atoms with Crippen LogP contribution in [0.2, 0.25) is 0 Å². The molecule has 1 atom stereocenters. The third-order valence-corrected chi connectivity index (χ3v) is 2.72. The van der Waals surface area contributed by atoms with Gasteiger partial charge < -0.3 is 9.57 Å². The minimum atomic E-state index is -0.475. The normalized spacial score (nSPS) is 14.4.